The predicted octanol–water partition coefficient (Wildman–Crippen LogP) is 5.80. The molecule has 0 saturated heterocycles. The summed E-state index contributed by atoms with van der Waals surface area (Å²) in [6, 6.07) is 18.3. The lowest BCUT2D eigenvalue weighted by atomic mass is 10.2. The lowest BCUT2D eigenvalue weighted by Gasteiger charge is -2.11. The fraction of sp³-hybridized carbons (Fsp3) is 0.217. The van der Waals surface area contributed by atoms with Crippen molar-refractivity contribution in [3.8, 4) is 5.69 Å². The van der Waals surface area contributed by atoms with E-state index in [1.165, 1.54) is 17.3 Å². The zero-order valence-electron chi connectivity index (χ0n) is 16.9. The van der Waals surface area contributed by atoms with Crippen LogP contribution in [-0.4, -0.2) is 21.9 Å². The van der Waals surface area contributed by atoms with Crippen LogP contribution in [0.1, 0.15) is 29.4 Å². The van der Waals surface area contributed by atoms with Crippen molar-refractivity contribution in [2.75, 3.05) is 0 Å². The summed E-state index contributed by atoms with van der Waals surface area (Å²) in [6.45, 7) is 8.04. The molecule has 0 radical (unpaired) electrons. The van der Waals surface area contributed by atoms with Crippen molar-refractivity contribution in [1.82, 2.24) is 9.99 Å². The number of halogens is 1. The zero-order chi connectivity index (χ0) is 21.0. The summed E-state index contributed by atoms with van der Waals surface area (Å²) in [5, 5.41) is 3.95. The highest BCUT2D eigenvalue weighted by atomic mass is 79.9. The molecular weight excluding hydrogens is 446 g/mol. The van der Waals surface area contributed by atoms with Gasteiger partial charge in [-0.1, -0.05) is 29.8 Å². The molecular formula is C23H24BrN3OS. The minimum atomic E-state index is -0.234. The van der Waals surface area contributed by atoms with Crippen LogP contribution in [0.25, 0.3) is 5.69 Å². The average Bonchev–Trinajstić information content (AvgIpc) is 2.97. The molecule has 0 unspecified atom stereocenters. The number of nitrogens with zero attached hydrogens (tertiary/aromatic N) is 2. The van der Waals surface area contributed by atoms with Crippen LogP contribution in [0.4, 0.5) is 0 Å². The Bertz CT molecular complexity index is 1040. The summed E-state index contributed by atoms with van der Waals surface area (Å²) >= 11 is 5.14. The molecule has 0 spiro atoms. The van der Waals surface area contributed by atoms with Gasteiger partial charge >= 0.3 is 0 Å². The van der Waals surface area contributed by atoms with E-state index < -0.39 is 0 Å². The minimum Gasteiger partial charge on any atom is -0.317 e. The first-order valence-electron chi connectivity index (χ1n) is 9.37. The van der Waals surface area contributed by atoms with Gasteiger partial charge < -0.3 is 4.57 Å². The number of hydrogen-bond donors (Lipinski definition) is 1. The fourth-order valence-electron chi connectivity index (χ4n) is 3.05. The third-order valence-electron chi connectivity index (χ3n) is 4.65. The van der Waals surface area contributed by atoms with Crippen LogP contribution in [-0.2, 0) is 4.79 Å². The molecule has 0 aliphatic heterocycles. The summed E-state index contributed by atoms with van der Waals surface area (Å²) in [7, 11) is 0. The van der Waals surface area contributed by atoms with Crippen molar-refractivity contribution in [2.45, 2.75) is 37.8 Å². The van der Waals surface area contributed by atoms with Gasteiger partial charge in [0.2, 0.25) is 0 Å². The molecule has 0 bridgehead atoms. The number of amides is 1. The molecule has 29 heavy (non-hydrogen) atoms. The standard InChI is InChI=1S/C23H24BrN3OS/c1-15-9-11-20(12-10-15)29-18(4)23(28)26-25-14-19-13-16(2)27(17(19)3)22-8-6-5-7-21(22)24/h5-14,18H,1-4H3,(H,26,28)/b25-14-/t18-/m0/s1. The number of hydrogen-bond acceptors (Lipinski definition) is 3. The van der Waals surface area contributed by atoms with Gasteiger partial charge in [-0.25, -0.2) is 5.43 Å². The first-order chi connectivity index (χ1) is 13.9. The second-order valence-electron chi connectivity index (χ2n) is 6.92. The number of aromatic nitrogens is 1. The molecule has 1 amide bonds. The summed E-state index contributed by atoms with van der Waals surface area (Å²) in [5.74, 6) is -0.119. The number of hydrazone groups is 1. The van der Waals surface area contributed by atoms with Crippen molar-refractivity contribution in [3.63, 3.8) is 0 Å². The Morgan fingerprint density at radius 2 is 1.83 bits per heavy atom. The number of rotatable bonds is 6. The van der Waals surface area contributed by atoms with E-state index >= 15 is 0 Å². The Morgan fingerprint density at radius 1 is 1.14 bits per heavy atom. The lowest BCUT2D eigenvalue weighted by molar-refractivity contribution is -0.120. The van der Waals surface area contributed by atoms with Gasteiger partial charge in [-0.15, -0.1) is 11.8 Å². The van der Waals surface area contributed by atoms with E-state index in [4.69, 9.17) is 0 Å². The number of para-hydroxylation sites is 1. The zero-order valence-corrected chi connectivity index (χ0v) is 19.3. The largest absolute Gasteiger partial charge is 0.317 e. The van der Waals surface area contributed by atoms with E-state index in [1.807, 2.05) is 63.2 Å². The predicted molar refractivity (Wildman–Crippen MR) is 125 cm³/mol. The molecule has 0 saturated carbocycles. The quantitative estimate of drug-likeness (QED) is 0.281. The third-order valence-corrected chi connectivity index (χ3v) is 6.43. The maximum absolute atomic E-state index is 12.4. The monoisotopic (exact) mass is 469 g/mol. The van der Waals surface area contributed by atoms with Crippen LogP contribution >= 0.6 is 27.7 Å². The summed E-state index contributed by atoms with van der Waals surface area (Å²) < 4.78 is 3.20. The Kier molecular flexibility index (Phi) is 6.98. The van der Waals surface area contributed by atoms with E-state index in [1.54, 1.807) is 6.21 Å². The van der Waals surface area contributed by atoms with Gasteiger partial charge in [0.05, 0.1) is 17.2 Å². The summed E-state index contributed by atoms with van der Waals surface area (Å²) in [6.07, 6.45) is 1.71. The van der Waals surface area contributed by atoms with E-state index in [2.05, 4.69) is 50.1 Å². The number of carbonyl (C=O) groups excluding carboxylic acids is 1. The molecule has 3 aromatic rings. The minimum absolute atomic E-state index is 0.119. The van der Waals surface area contributed by atoms with Gasteiger partial charge in [-0.3, -0.25) is 4.79 Å². The van der Waals surface area contributed by atoms with Gasteiger partial charge in [0.15, 0.2) is 0 Å². The molecule has 1 aromatic heterocycles. The van der Waals surface area contributed by atoms with Crippen molar-refractivity contribution < 1.29 is 4.79 Å². The number of benzene rings is 2. The number of nitrogens with one attached hydrogen (secondary N) is 1. The van der Waals surface area contributed by atoms with Crippen LogP contribution in [0.3, 0.4) is 0 Å². The Morgan fingerprint density at radius 3 is 2.52 bits per heavy atom. The SMILES string of the molecule is Cc1ccc(S[C@@H](C)C(=O)N/N=C\c2cc(C)n(-c3ccccc3Br)c2C)cc1. The smallest absolute Gasteiger partial charge is 0.253 e. The number of thioether (sulfide) groups is 1. The molecule has 3 rings (SSSR count). The first-order valence-corrected chi connectivity index (χ1v) is 11.0. The second kappa shape index (κ2) is 9.46. The Hall–Kier alpha value is -2.31. The third kappa shape index (κ3) is 5.19. The van der Waals surface area contributed by atoms with Crippen molar-refractivity contribution >= 4 is 39.8 Å². The maximum atomic E-state index is 12.4. The number of aryl methyl sites for hydroxylation is 2. The molecule has 1 atom stereocenters. The Labute approximate surface area is 184 Å². The average molecular weight is 470 g/mol. The van der Waals surface area contributed by atoms with Gasteiger partial charge in [-0.05, 0) is 74.0 Å². The molecule has 4 nitrogen and oxygen atoms in total. The molecule has 0 aliphatic rings. The highest BCUT2D eigenvalue weighted by Crippen LogP contribution is 2.26. The van der Waals surface area contributed by atoms with E-state index in [0.29, 0.717) is 0 Å². The Balaban J connectivity index is 1.67. The van der Waals surface area contributed by atoms with E-state index in [9.17, 15) is 4.79 Å². The molecule has 6 heteroatoms. The molecule has 1 heterocycles. The van der Waals surface area contributed by atoms with Gasteiger partial charge in [0, 0.05) is 26.3 Å². The molecule has 150 valence electrons. The van der Waals surface area contributed by atoms with Crippen molar-refractivity contribution in [3.05, 3.63) is 81.6 Å². The normalized spacial score (nSPS) is 12.3. The fourth-order valence-corrected chi connectivity index (χ4v) is 4.38. The van der Waals surface area contributed by atoms with E-state index in [0.717, 1.165) is 32.0 Å². The molecule has 0 fully saturated rings. The van der Waals surface area contributed by atoms with E-state index in [-0.39, 0.29) is 11.2 Å². The molecule has 1 N–H and O–H groups in total. The van der Waals surface area contributed by atoms with Gasteiger partial charge in [0.25, 0.3) is 5.91 Å². The number of carbonyl (C=O) groups is 1. The van der Waals surface area contributed by atoms with Crippen molar-refractivity contribution in [1.29, 1.82) is 0 Å². The van der Waals surface area contributed by atoms with Crippen LogP contribution in [0.5, 0.6) is 0 Å². The highest BCUT2D eigenvalue weighted by molar-refractivity contribution is 9.10. The maximum Gasteiger partial charge on any atom is 0.253 e. The van der Waals surface area contributed by atoms with Gasteiger partial charge in [-0.2, -0.15) is 5.10 Å². The van der Waals surface area contributed by atoms with Gasteiger partial charge in [0.1, 0.15) is 0 Å². The van der Waals surface area contributed by atoms with Crippen LogP contribution in [0, 0.1) is 20.8 Å². The summed E-state index contributed by atoms with van der Waals surface area (Å²) in [4.78, 5) is 13.4. The highest BCUT2D eigenvalue weighted by Gasteiger charge is 2.14. The molecule has 2 aromatic carbocycles. The van der Waals surface area contributed by atoms with Crippen LogP contribution < -0.4 is 5.43 Å². The van der Waals surface area contributed by atoms with Crippen LogP contribution in [0.15, 0.2) is 69.1 Å². The molecule has 0 aliphatic carbocycles. The topological polar surface area (TPSA) is 46.4 Å². The summed E-state index contributed by atoms with van der Waals surface area (Å²) in [5.41, 5.74) is 8.08. The van der Waals surface area contributed by atoms with Crippen molar-refractivity contribution in [2.24, 2.45) is 5.10 Å². The first kappa shape index (κ1) is 21.4. The van der Waals surface area contributed by atoms with Crippen LogP contribution in [0.2, 0.25) is 0 Å². The second-order valence-corrected chi connectivity index (χ2v) is 9.19. The lowest BCUT2D eigenvalue weighted by Crippen LogP contribution is -2.26.